The number of nitrogens with zero attached hydrogens (tertiary/aromatic N) is 2. The minimum Gasteiger partial charge on any atom is -0.286 e. The molecular weight excluding hydrogens is 605 g/mol. The van der Waals surface area contributed by atoms with Crippen LogP contribution in [0.3, 0.4) is 0 Å². The molecule has 8 aromatic carbocycles. The lowest BCUT2D eigenvalue weighted by Crippen LogP contribution is -2.38. The van der Waals surface area contributed by atoms with E-state index in [0.717, 1.165) is 26.2 Å². The molecular formula is C48H38N2. The molecule has 0 amide bonds. The first kappa shape index (κ1) is 29.4. The standard InChI is InChI=1S/C48H38N2/c1-3-15-35(16-4-1)47(48(36-17-5-2-6-18-36)50-31-41-27-37-19-7-8-20-38(37)28-42(41)32-50)49-29-39-25-23-33-13-9-11-21-43(33)45(39)46-40(30-49)26-24-34-14-10-12-22-44(34)46/h1-28,47-48H,29-32H2. The van der Waals surface area contributed by atoms with E-state index in [0.29, 0.717) is 0 Å². The van der Waals surface area contributed by atoms with Gasteiger partial charge in [-0.15, -0.1) is 0 Å². The van der Waals surface area contributed by atoms with Gasteiger partial charge in [0.2, 0.25) is 0 Å². The normalized spacial score (nSPS) is 15.8. The van der Waals surface area contributed by atoms with Gasteiger partial charge in [0, 0.05) is 26.2 Å². The van der Waals surface area contributed by atoms with E-state index in [1.165, 1.54) is 76.8 Å². The molecule has 8 aromatic rings. The summed E-state index contributed by atoms with van der Waals surface area (Å²) in [6, 6.07) is 63.8. The molecule has 0 saturated carbocycles. The summed E-state index contributed by atoms with van der Waals surface area (Å²) in [5, 5.41) is 7.91. The van der Waals surface area contributed by atoms with Gasteiger partial charge in [-0.25, -0.2) is 0 Å². The average molecular weight is 643 g/mol. The van der Waals surface area contributed by atoms with E-state index in [-0.39, 0.29) is 12.1 Å². The van der Waals surface area contributed by atoms with Crippen molar-refractivity contribution in [1.29, 1.82) is 0 Å². The van der Waals surface area contributed by atoms with Gasteiger partial charge in [0.15, 0.2) is 0 Å². The van der Waals surface area contributed by atoms with Crippen molar-refractivity contribution < 1.29 is 0 Å². The number of benzene rings is 8. The monoisotopic (exact) mass is 642 g/mol. The lowest BCUT2D eigenvalue weighted by atomic mass is 9.88. The summed E-state index contributed by atoms with van der Waals surface area (Å²) < 4.78 is 0. The molecule has 0 N–H and O–H groups in total. The van der Waals surface area contributed by atoms with Crippen LogP contribution in [0.15, 0.2) is 170 Å². The molecule has 2 heteroatoms. The van der Waals surface area contributed by atoms with Crippen molar-refractivity contribution >= 4 is 32.3 Å². The van der Waals surface area contributed by atoms with Crippen LogP contribution in [0.5, 0.6) is 0 Å². The fourth-order valence-electron chi connectivity index (χ4n) is 8.98. The molecule has 50 heavy (non-hydrogen) atoms. The Balaban J connectivity index is 1.18. The summed E-state index contributed by atoms with van der Waals surface area (Å²) in [7, 11) is 0. The molecule has 240 valence electrons. The SMILES string of the molecule is c1ccc(C(C(c2ccccc2)N2Cc3ccc4ccccc4c3-c3c(ccc4ccccc34)C2)N2Cc3cc4ccccc4cc3C2)cc1. The van der Waals surface area contributed by atoms with Crippen molar-refractivity contribution in [3.8, 4) is 11.1 Å². The Kier molecular flexibility index (Phi) is 7.11. The van der Waals surface area contributed by atoms with E-state index in [2.05, 4.69) is 180 Å². The number of fused-ring (bicyclic) bond motifs is 9. The van der Waals surface area contributed by atoms with Gasteiger partial charge in [-0.1, -0.05) is 158 Å². The third-order valence-corrected chi connectivity index (χ3v) is 11.2. The van der Waals surface area contributed by atoms with Gasteiger partial charge in [-0.3, -0.25) is 9.80 Å². The highest BCUT2D eigenvalue weighted by Crippen LogP contribution is 2.48. The molecule has 2 aliphatic heterocycles. The van der Waals surface area contributed by atoms with Crippen molar-refractivity contribution in [1.82, 2.24) is 9.80 Å². The number of rotatable bonds is 5. The van der Waals surface area contributed by atoms with Crippen LogP contribution in [0.4, 0.5) is 0 Å². The maximum atomic E-state index is 2.78. The third kappa shape index (κ3) is 4.95. The van der Waals surface area contributed by atoms with Crippen LogP contribution in [0.25, 0.3) is 43.4 Å². The van der Waals surface area contributed by atoms with Gasteiger partial charge in [-0.05, 0) is 89.0 Å². The van der Waals surface area contributed by atoms with Gasteiger partial charge < -0.3 is 0 Å². The second-order valence-corrected chi connectivity index (χ2v) is 14.1. The minimum atomic E-state index is 0.110. The van der Waals surface area contributed by atoms with E-state index >= 15 is 0 Å². The lowest BCUT2D eigenvalue weighted by molar-refractivity contribution is 0.0632. The maximum Gasteiger partial charge on any atom is 0.0552 e. The Morgan fingerprint density at radius 1 is 0.320 bits per heavy atom. The first-order valence-corrected chi connectivity index (χ1v) is 17.9. The van der Waals surface area contributed by atoms with Crippen LogP contribution in [-0.2, 0) is 26.2 Å². The molecule has 0 aliphatic carbocycles. The van der Waals surface area contributed by atoms with E-state index in [1.54, 1.807) is 0 Å². The van der Waals surface area contributed by atoms with Gasteiger partial charge in [0.05, 0.1) is 12.1 Å². The predicted molar refractivity (Wildman–Crippen MR) is 208 cm³/mol. The summed E-state index contributed by atoms with van der Waals surface area (Å²) in [4.78, 5) is 5.52. The molecule has 0 spiro atoms. The van der Waals surface area contributed by atoms with Crippen molar-refractivity contribution in [2.24, 2.45) is 0 Å². The smallest absolute Gasteiger partial charge is 0.0552 e. The van der Waals surface area contributed by atoms with E-state index < -0.39 is 0 Å². The zero-order valence-corrected chi connectivity index (χ0v) is 28.0. The molecule has 0 saturated heterocycles. The first-order valence-electron chi connectivity index (χ1n) is 17.9. The van der Waals surface area contributed by atoms with Crippen LogP contribution in [-0.4, -0.2) is 9.80 Å². The van der Waals surface area contributed by atoms with Crippen LogP contribution < -0.4 is 0 Å². The Labute approximate surface area is 293 Å². The van der Waals surface area contributed by atoms with Crippen molar-refractivity contribution in [3.63, 3.8) is 0 Å². The molecule has 2 heterocycles. The fourth-order valence-corrected chi connectivity index (χ4v) is 8.98. The molecule has 0 fully saturated rings. The first-order chi connectivity index (χ1) is 24.8. The Bertz CT molecular complexity index is 2390. The topological polar surface area (TPSA) is 6.48 Å². The van der Waals surface area contributed by atoms with Crippen molar-refractivity contribution in [2.45, 2.75) is 38.3 Å². The molecule has 0 radical (unpaired) electrons. The molecule has 10 rings (SSSR count). The number of hydrogen-bond donors (Lipinski definition) is 0. The lowest BCUT2D eigenvalue weighted by Gasteiger charge is -2.42. The molecule has 2 atom stereocenters. The zero-order valence-electron chi connectivity index (χ0n) is 28.0. The number of hydrogen-bond acceptors (Lipinski definition) is 2. The highest BCUT2D eigenvalue weighted by atomic mass is 15.3. The molecule has 2 unspecified atom stereocenters. The summed E-state index contributed by atoms with van der Waals surface area (Å²) in [5.41, 5.74) is 11.2. The Hall–Kier alpha value is -5.54. The molecule has 2 nitrogen and oxygen atoms in total. The van der Waals surface area contributed by atoms with Crippen LogP contribution in [0, 0.1) is 0 Å². The van der Waals surface area contributed by atoms with Gasteiger partial charge in [0.1, 0.15) is 0 Å². The highest BCUT2D eigenvalue weighted by Gasteiger charge is 2.39. The largest absolute Gasteiger partial charge is 0.286 e. The summed E-state index contributed by atoms with van der Waals surface area (Å²) in [6.07, 6.45) is 0. The molecule has 2 aliphatic rings. The molecule has 0 bridgehead atoms. The summed E-state index contributed by atoms with van der Waals surface area (Å²) >= 11 is 0. The van der Waals surface area contributed by atoms with Crippen molar-refractivity contribution in [3.05, 3.63) is 203 Å². The predicted octanol–water partition coefficient (Wildman–Crippen LogP) is 11.6. The van der Waals surface area contributed by atoms with Gasteiger partial charge >= 0.3 is 0 Å². The zero-order chi connectivity index (χ0) is 33.0. The van der Waals surface area contributed by atoms with Crippen LogP contribution >= 0.6 is 0 Å². The Morgan fingerprint density at radius 2 is 0.680 bits per heavy atom. The third-order valence-electron chi connectivity index (χ3n) is 11.2. The quantitative estimate of drug-likeness (QED) is 0.184. The van der Waals surface area contributed by atoms with Gasteiger partial charge in [-0.2, -0.15) is 0 Å². The average Bonchev–Trinajstić information content (AvgIpc) is 3.49. The minimum absolute atomic E-state index is 0.110. The maximum absolute atomic E-state index is 2.78. The summed E-state index contributed by atoms with van der Waals surface area (Å²) in [6.45, 7) is 3.58. The van der Waals surface area contributed by atoms with E-state index in [1.807, 2.05) is 0 Å². The van der Waals surface area contributed by atoms with Gasteiger partial charge in [0.25, 0.3) is 0 Å². The molecule has 0 aromatic heterocycles. The van der Waals surface area contributed by atoms with Crippen molar-refractivity contribution in [2.75, 3.05) is 0 Å². The highest BCUT2D eigenvalue weighted by molar-refractivity contribution is 6.08. The second-order valence-electron chi connectivity index (χ2n) is 14.1. The fraction of sp³-hybridized carbons (Fsp3) is 0.125. The van der Waals surface area contributed by atoms with Crippen LogP contribution in [0.2, 0.25) is 0 Å². The summed E-state index contributed by atoms with van der Waals surface area (Å²) in [5.74, 6) is 0. The second kappa shape index (κ2) is 12.1. The Morgan fingerprint density at radius 3 is 1.12 bits per heavy atom. The van der Waals surface area contributed by atoms with Crippen LogP contribution in [0.1, 0.15) is 45.5 Å². The van der Waals surface area contributed by atoms with E-state index in [4.69, 9.17) is 0 Å². The van der Waals surface area contributed by atoms with E-state index in [9.17, 15) is 0 Å².